The molecule has 1 saturated heterocycles. The molecule has 1 fully saturated rings. The highest BCUT2D eigenvalue weighted by Crippen LogP contribution is 2.17. The van der Waals surface area contributed by atoms with E-state index >= 15 is 0 Å². The van der Waals surface area contributed by atoms with Crippen LogP contribution < -0.4 is 5.73 Å². The first-order valence-electron chi connectivity index (χ1n) is 6.82. The maximum atomic E-state index is 12.4. The molecule has 1 aliphatic rings. The van der Waals surface area contributed by atoms with Gasteiger partial charge in [0.1, 0.15) is 0 Å². The Kier molecular flexibility index (Phi) is 5.88. The molecule has 0 unspecified atom stereocenters. The van der Waals surface area contributed by atoms with Gasteiger partial charge in [-0.3, -0.25) is 0 Å². The third kappa shape index (κ3) is 4.46. The van der Waals surface area contributed by atoms with Gasteiger partial charge in [0.15, 0.2) is 0 Å². The SMILES string of the molecule is CCCN(CC(C)(C)CN)C(=O)N1CCOCC1. The minimum absolute atomic E-state index is 0.0306. The molecule has 0 atom stereocenters. The second kappa shape index (κ2) is 6.95. The lowest BCUT2D eigenvalue weighted by molar-refractivity contribution is 0.0401. The third-order valence-corrected chi connectivity index (χ3v) is 3.22. The number of urea groups is 1. The normalized spacial score (nSPS) is 16.8. The van der Waals surface area contributed by atoms with Gasteiger partial charge in [0.05, 0.1) is 13.2 Å². The summed E-state index contributed by atoms with van der Waals surface area (Å²) in [7, 11) is 0. The molecule has 1 heterocycles. The summed E-state index contributed by atoms with van der Waals surface area (Å²) >= 11 is 0. The van der Waals surface area contributed by atoms with Crippen molar-refractivity contribution in [2.24, 2.45) is 11.1 Å². The Morgan fingerprint density at radius 3 is 2.50 bits per heavy atom. The van der Waals surface area contributed by atoms with Crippen LogP contribution in [0.15, 0.2) is 0 Å². The number of nitrogens with zero attached hydrogens (tertiary/aromatic N) is 2. The molecule has 0 aliphatic carbocycles. The fraction of sp³-hybridized carbons (Fsp3) is 0.923. The largest absolute Gasteiger partial charge is 0.378 e. The van der Waals surface area contributed by atoms with E-state index in [1.54, 1.807) is 0 Å². The average Bonchev–Trinajstić information content (AvgIpc) is 2.38. The summed E-state index contributed by atoms with van der Waals surface area (Å²) in [6, 6.07) is 0.127. The van der Waals surface area contributed by atoms with Gasteiger partial charge in [-0.25, -0.2) is 4.79 Å². The van der Waals surface area contributed by atoms with Gasteiger partial charge in [-0.15, -0.1) is 0 Å². The maximum absolute atomic E-state index is 12.4. The summed E-state index contributed by atoms with van der Waals surface area (Å²) in [5.41, 5.74) is 5.73. The second-order valence-corrected chi connectivity index (χ2v) is 5.67. The summed E-state index contributed by atoms with van der Waals surface area (Å²) in [6.45, 7) is 11.1. The van der Waals surface area contributed by atoms with Crippen molar-refractivity contribution >= 4 is 6.03 Å². The number of hydrogen-bond acceptors (Lipinski definition) is 3. The Bertz CT molecular complexity index is 263. The van der Waals surface area contributed by atoms with E-state index in [0.717, 1.165) is 13.0 Å². The van der Waals surface area contributed by atoms with Crippen molar-refractivity contribution in [1.82, 2.24) is 9.80 Å². The fourth-order valence-corrected chi connectivity index (χ4v) is 2.05. The zero-order chi connectivity index (χ0) is 13.6. The molecule has 5 nitrogen and oxygen atoms in total. The van der Waals surface area contributed by atoms with Crippen LogP contribution in [0.5, 0.6) is 0 Å². The minimum atomic E-state index is -0.0306. The van der Waals surface area contributed by atoms with Crippen LogP contribution in [-0.4, -0.2) is 61.8 Å². The molecule has 2 amide bonds. The monoisotopic (exact) mass is 257 g/mol. The van der Waals surface area contributed by atoms with Gasteiger partial charge in [0.25, 0.3) is 0 Å². The zero-order valence-corrected chi connectivity index (χ0v) is 11.9. The number of morpholine rings is 1. The molecule has 0 aromatic rings. The van der Waals surface area contributed by atoms with Crippen molar-refractivity contribution in [2.75, 3.05) is 45.9 Å². The highest BCUT2D eigenvalue weighted by molar-refractivity contribution is 5.74. The van der Waals surface area contributed by atoms with Gasteiger partial charge in [0, 0.05) is 26.2 Å². The van der Waals surface area contributed by atoms with Crippen molar-refractivity contribution in [3.05, 3.63) is 0 Å². The predicted molar refractivity (Wildman–Crippen MR) is 72.5 cm³/mol. The number of carbonyl (C=O) groups is 1. The molecule has 5 heteroatoms. The first-order chi connectivity index (χ1) is 8.50. The van der Waals surface area contributed by atoms with Crippen LogP contribution in [0, 0.1) is 5.41 Å². The number of ether oxygens (including phenoxy) is 1. The second-order valence-electron chi connectivity index (χ2n) is 5.67. The number of amides is 2. The van der Waals surface area contributed by atoms with Crippen molar-refractivity contribution in [3.63, 3.8) is 0 Å². The smallest absolute Gasteiger partial charge is 0.320 e. The summed E-state index contributed by atoms with van der Waals surface area (Å²) in [5, 5.41) is 0. The van der Waals surface area contributed by atoms with E-state index in [1.165, 1.54) is 0 Å². The van der Waals surface area contributed by atoms with E-state index in [2.05, 4.69) is 20.8 Å². The quantitative estimate of drug-likeness (QED) is 0.803. The summed E-state index contributed by atoms with van der Waals surface area (Å²) in [5.74, 6) is 0. The fourth-order valence-electron chi connectivity index (χ4n) is 2.05. The molecule has 0 aromatic heterocycles. The Hall–Kier alpha value is -0.810. The Morgan fingerprint density at radius 1 is 1.39 bits per heavy atom. The molecule has 0 bridgehead atoms. The van der Waals surface area contributed by atoms with Crippen LogP contribution in [0.1, 0.15) is 27.2 Å². The summed E-state index contributed by atoms with van der Waals surface area (Å²) < 4.78 is 5.28. The van der Waals surface area contributed by atoms with Gasteiger partial charge < -0.3 is 20.3 Å². The van der Waals surface area contributed by atoms with Crippen LogP contribution >= 0.6 is 0 Å². The van der Waals surface area contributed by atoms with Gasteiger partial charge in [-0.1, -0.05) is 20.8 Å². The number of hydrogen-bond donors (Lipinski definition) is 1. The highest BCUT2D eigenvalue weighted by atomic mass is 16.5. The van der Waals surface area contributed by atoms with Gasteiger partial charge in [-0.2, -0.15) is 0 Å². The van der Waals surface area contributed by atoms with E-state index < -0.39 is 0 Å². The number of carbonyl (C=O) groups excluding carboxylic acids is 1. The van der Waals surface area contributed by atoms with Gasteiger partial charge in [-0.05, 0) is 18.4 Å². The van der Waals surface area contributed by atoms with Crippen LogP contribution in [0.3, 0.4) is 0 Å². The minimum Gasteiger partial charge on any atom is -0.378 e. The standard InChI is InChI=1S/C13H27N3O2/c1-4-5-16(11-13(2,3)10-14)12(17)15-6-8-18-9-7-15/h4-11,14H2,1-3H3. The molecule has 0 spiro atoms. The van der Waals surface area contributed by atoms with E-state index in [9.17, 15) is 4.79 Å². The lowest BCUT2D eigenvalue weighted by Crippen LogP contribution is -2.51. The Balaban J connectivity index is 2.61. The first kappa shape index (κ1) is 15.2. The molecule has 106 valence electrons. The first-order valence-corrected chi connectivity index (χ1v) is 6.82. The molecule has 0 saturated carbocycles. The Labute approximate surface area is 110 Å². The molecule has 2 N–H and O–H groups in total. The molecule has 1 rings (SSSR count). The van der Waals surface area contributed by atoms with E-state index in [1.807, 2.05) is 9.80 Å². The number of rotatable bonds is 5. The van der Waals surface area contributed by atoms with E-state index in [4.69, 9.17) is 10.5 Å². The van der Waals surface area contributed by atoms with Crippen molar-refractivity contribution in [2.45, 2.75) is 27.2 Å². The molecular formula is C13H27N3O2. The van der Waals surface area contributed by atoms with Crippen LogP contribution in [-0.2, 0) is 4.74 Å². The molecular weight excluding hydrogens is 230 g/mol. The summed E-state index contributed by atoms with van der Waals surface area (Å²) in [6.07, 6.45) is 0.969. The molecule has 18 heavy (non-hydrogen) atoms. The molecule has 1 aliphatic heterocycles. The van der Waals surface area contributed by atoms with Crippen molar-refractivity contribution in [1.29, 1.82) is 0 Å². The molecule has 0 aromatic carbocycles. The average molecular weight is 257 g/mol. The van der Waals surface area contributed by atoms with Crippen molar-refractivity contribution in [3.8, 4) is 0 Å². The predicted octanol–water partition coefficient (Wildman–Crippen LogP) is 1.14. The Morgan fingerprint density at radius 2 is 2.00 bits per heavy atom. The van der Waals surface area contributed by atoms with Gasteiger partial charge in [0.2, 0.25) is 0 Å². The van der Waals surface area contributed by atoms with Gasteiger partial charge >= 0.3 is 6.03 Å². The van der Waals surface area contributed by atoms with E-state index in [0.29, 0.717) is 39.4 Å². The van der Waals surface area contributed by atoms with Crippen LogP contribution in [0.4, 0.5) is 4.79 Å². The molecule has 0 radical (unpaired) electrons. The third-order valence-electron chi connectivity index (χ3n) is 3.22. The lowest BCUT2D eigenvalue weighted by atomic mass is 9.93. The number of nitrogens with two attached hydrogens (primary N) is 1. The van der Waals surface area contributed by atoms with Crippen LogP contribution in [0.25, 0.3) is 0 Å². The topological polar surface area (TPSA) is 58.8 Å². The zero-order valence-electron chi connectivity index (χ0n) is 11.9. The highest BCUT2D eigenvalue weighted by Gasteiger charge is 2.27. The lowest BCUT2D eigenvalue weighted by Gasteiger charge is -2.36. The van der Waals surface area contributed by atoms with Crippen molar-refractivity contribution < 1.29 is 9.53 Å². The van der Waals surface area contributed by atoms with Crippen LogP contribution in [0.2, 0.25) is 0 Å². The van der Waals surface area contributed by atoms with E-state index in [-0.39, 0.29) is 11.4 Å². The summed E-state index contributed by atoms with van der Waals surface area (Å²) in [4.78, 5) is 16.2. The maximum Gasteiger partial charge on any atom is 0.320 e.